The Labute approximate surface area is 150 Å². The number of benzene rings is 2. The lowest BCUT2D eigenvalue weighted by Gasteiger charge is -2.08. The normalized spacial score (nSPS) is 14.8. The lowest BCUT2D eigenvalue weighted by molar-refractivity contribution is -0.132. The molecule has 0 saturated carbocycles. The maximum Gasteiger partial charge on any atom is 0.363 e. The third-order valence-corrected chi connectivity index (χ3v) is 3.76. The first-order chi connectivity index (χ1) is 12.5. The third-order valence-electron chi connectivity index (χ3n) is 3.76. The van der Waals surface area contributed by atoms with Crippen LogP contribution in [0.5, 0.6) is 11.5 Å². The van der Waals surface area contributed by atoms with Crippen LogP contribution < -0.4 is 9.47 Å². The molecule has 2 aromatic carbocycles. The van der Waals surface area contributed by atoms with Gasteiger partial charge in [0.05, 0.1) is 7.11 Å². The number of rotatable bonds is 4. The van der Waals surface area contributed by atoms with Gasteiger partial charge in [0.15, 0.2) is 5.70 Å². The molecule has 6 heteroatoms. The molecule has 0 bridgehead atoms. The molecule has 0 saturated heterocycles. The predicted molar refractivity (Wildman–Crippen MR) is 96.1 cm³/mol. The number of hydrogen-bond donors (Lipinski definition) is 0. The summed E-state index contributed by atoms with van der Waals surface area (Å²) in [7, 11) is 1.52. The molecule has 132 valence electrons. The SMILES string of the molecule is COc1ccc(OC(C)=O)c(/C=C2/N=C(c3ccccc3C)OC2=O)c1. The number of nitrogens with zero attached hydrogens (tertiary/aromatic N) is 1. The fourth-order valence-corrected chi connectivity index (χ4v) is 2.50. The van der Waals surface area contributed by atoms with Crippen molar-refractivity contribution in [3.05, 3.63) is 64.9 Å². The standard InChI is InChI=1S/C20H17NO5/c1-12-6-4-5-7-16(12)19-21-17(20(23)26-19)11-14-10-15(24-3)8-9-18(14)25-13(2)22/h4-11H,1-3H3/b17-11+. The lowest BCUT2D eigenvalue weighted by Crippen LogP contribution is -2.07. The summed E-state index contributed by atoms with van der Waals surface area (Å²) in [5.41, 5.74) is 2.29. The predicted octanol–water partition coefficient (Wildman–Crippen LogP) is 3.27. The zero-order valence-corrected chi connectivity index (χ0v) is 14.6. The Kier molecular flexibility index (Phi) is 4.84. The smallest absolute Gasteiger partial charge is 0.363 e. The average molecular weight is 351 g/mol. The van der Waals surface area contributed by atoms with E-state index in [2.05, 4.69) is 4.99 Å². The first-order valence-electron chi connectivity index (χ1n) is 7.93. The summed E-state index contributed by atoms with van der Waals surface area (Å²) in [5, 5.41) is 0. The van der Waals surface area contributed by atoms with Crippen molar-refractivity contribution in [2.45, 2.75) is 13.8 Å². The molecule has 0 fully saturated rings. The second-order valence-corrected chi connectivity index (χ2v) is 5.65. The second-order valence-electron chi connectivity index (χ2n) is 5.65. The highest BCUT2D eigenvalue weighted by molar-refractivity contribution is 6.13. The summed E-state index contributed by atoms with van der Waals surface area (Å²) in [6.45, 7) is 3.22. The molecule has 1 heterocycles. The van der Waals surface area contributed by atoms with Gasteiger partial charge in [-0.05, 0) is 42.8 Å². The van der Waals surface area contributed by atoms with Gasteiger partial charge in [-0.1, -0.05) is 18.2 Å². The van der Waals surface area contributed by atoms with E-state index in [0.717, 1.165) is 11.1 Å². The highest BCUT2D eigenvalue weighted by Crippen LogP contribution is 2.29. The highest BCUT2D eigenvalue weighted by atomic mass is 16.6. The first kappa shape index (κ1) is 17.4. The van der Waals surface area contributed by atoms with Crippen LogP contribution in [0.3, 0.4) is 0 Å². The van der Waals surface area contributed by atoms with Crippen LogP contribution in [0.4, 0.5) is 0 Å². The van der Waals surface area contributed by atoms with Crippen LogP contribution in [0.1, 0.15) is 23.6 Å². The fourth-order valence-electron chi connectivity index (χ4n) is 2.50. The number of aryl methyl sites for hydroxylation is 1. The first-order valence-corrected chi connectivity index (χ1v) is 7.93. The monoisotopic (exact) mass is 351 g/mol. The minimum Gasteiger partial charge on any atom is -0.497 e. The molecule has 2 aromatic rings. The van der Waals surface area contributed by atoms with Crippen molar-refractivity contribution in [2.24, 2.45) is 4.99 Å². The summed E-state index contributed by atoms with van der Waals surface area (Å²) < 4.78 is 15.7. The molecule has 0 spiro atoms. The molecule has 1 aliphatic rings. The maximum absolute atomic E-state index is 12.2. The van der Waals surface area contributed by atoms with Gasteiger partial charge in [-0.2, -0.15) is 0 Å². The van der Waals surface area contributed by atoms with E-state index in [0.29, 0.717) is 17.1 Å². The Morgan fingerprint density at radius 2 is 1.96 bits per heavy atom. The molecule has 26 heavy (non-hydrogen) atoms. The molecule has 1 aliphatic heterocycles. The molecule has 0 N–H and O–H groups in total. The lowest BCUT2D eigenvalue weighted by atomic mass is 10.1. The third kappa shape index (κ3) is 3.64. The van der Waals surface area contributed by atoms with Crippen LogP contribution in [-0.2, 0) is 14.3 Å². The van der Waals surface area contributed by atoms with Crippen LogP contribution in [0, 0.1) is 6.92 Å². The molecule has 6 nitrogen and oxygen atoms in total. The van der Waals surface area contributed by atoms with E-state index in [4.69, 9.17) is 14.2 Å². The Hall–Kier alpha value is -3.41. The number of ether oxygens (including phenoxy) is 3. The van der Waals surface area contributed by atoms with E-state index >= 15 is 0 Å². The molecule has 0 aromatic heterocycles. The topological polar surface area (TPSA) is 74.2 Å². The number of carbonyl (C=O) groups is 2. The van der Waals surface area contributed by atoms with Gasteiger partial charge in [0.1, 0.15) is 11.5 Å². The highest BCUT2D eigenvalue weighted by Gasteiger charge is 2.25. The van der Waals surface area contributed by atoms with Gasteiger partial charge in [-0.15, -0.1) is 0 Å². The fraction of sp³-hybridized carbons (Fsp3) is 0.150. The van der Waals surface area contributed by atoms with E-state index in [-0.39, 0.29) is 11.6 Å². The van der Waals surface area contributed by atoms with Crippen molar-refractivity contribution in [1.29, 1.82) is 0 Å². The maximum atomic E-state index is 12.2. The number of cyclic esters (lactones) is 1. The molecular weight excluding hydrogens is 334 g/mol. The van der Waals surface area contributed by atoms with Crippen LogP contribution in [0.25, 0.3) is 6.08 Å². The number of esters is 2. The van der Waals surface area contributed by atoms with E-state index < -0.39 is 11.9 Å². The molecule has 0 unspecified atom stereocenters. The number of hydrogen-bond acceptors (Lipinski definition) is 6. The molecule has 0 aliphatic carbocycles. The molecule has 0 amide bonds. The summed E-state index contributed by atoms with van der Waals surface area (Å²) in [4.78, 5) is 27.8. The van der Waals surface area contributed by atoms with Crippen LogP contribution in [0.15, 0.2) is 53.2 Å². The largest absolute Gasteiger partial charge is 0.497 e. The summed E-state index contributed by atoms with van der Waals surface area (Å²) in [5.74, 6) is 0.0735. The van der Waals surface area contributed by atoms with Crippen LogP contribution >= 0.6 is 0 Å². The number of carbonyl (C=O) groups excluding carboxylic acids is 2. The van der Waals surface area contributed by atoms with Crippen LogP contribution in [-0.4, -0.2) is 24.9 Å². The summed E-state index contributed by atoms with van der Waals surface area (Å²) >= 11 is 0. The van der Waals surface area contributed by atoms with Crippen molar-refractivity contribution in [3.8, 4) is 11.5 Å². The van der Waals surface area contributed by atoms with E-state index in [1.165, 1.54) is 20.1 Å². The summed E-state index contributed by atoms with van der Waals surface area (Å²) in [6.07, 6.45) is 1.51. The molecule has 0 atom stereocenters. The Morgan fingerprint density at radius 1 is 1.19 bits per heavy atom. The van der Waals surface area contributed by atoms with Crippen molar-refractivity contribution in [1.82, 2.24) is 0 Å². The quantitative estimate of drug-likeness (QED) is 0.480. The van der Waals surface area contributed by atoms with Gasteiger partial charge >= 0.3 is 11.9 Å². The summed E-state index contributed by atoms with van der Waals surface area (Å²) in [6, 6.07) is 12.4. The van der Waals surface area contributed by atoms with Crippen molar-refractivity contribution < 1.29 is 23.8 Å². The van der Waals surface area contributed by atoms with E-state index in [1.54, 1.807) is 18.2 Å². The van der Waals surface area contributed by atoms with Gasteiger partial charge in [-0.25, -0.2) is 9.79 Å². The van der Waals surface area contributed by atoms with Gasteiger partial charge in [0.25, 0.3) is 0 Å². The second kappa shape index (κ2) is 7.23. The van der Waals surface area contributed by atoms with Gasteiger partial charge in [0.2, 0.25) is 5.90 Å². The van der Waals surface area contributed by atoms with Gasteiger partial charge in [0, 0.05) is 18.1 Å². The van der Waals surface area contributed by atoms with Crippen LogP contribution in [0.2, 0.25) is 0 Å². The molecular formula is C20H17NO5. The molecule has 3 rings (SSSR count). The van der Waals surface area contributed by atoms with E-state index in [1.807, 2.05) is 31.2 Å². The van der Waals surface area contributed by atoms with E-state index in [9.17, 15) is 9.59 Å². The van der Waals surface area contributed by atoms with Gasteiger partial charge < -0.3 is 14.2 Å². The Bertz CT molecular complexity index is 943. The van der Waals surface area contributed by atoms with Crippen molar-refractivity contribution in [3.63, 3.8) is 0 Å². The zero-order chi connectivity index (χ0) is 18.7. The Morgan fingerprint density at radius 3 is 2.65 bits per heavy atom. The zero-order valence-electron chi connectivity index (χ0n) is 14.6. The average Bonchev–Trinajstić information content (AvgIpc) is 2.97. The number of aliphatic imine (C=N–C) groups is 1. The molecule has 0 radical (unpaired) electrons. The Balaban J connectivity index is 2.03. The van der Waals surface area contributed by atoms with Crippen molar-refractivity contribution >= 4 is 23.9 Å². The number of methoxy groups -OCH3 is 1. The minimum absolute atomic E-state index is 0.116. The van der Waals surface area contributed by atoms with Gasteiger partial charge in [-0.3, -0.25) is 4.79 Å². The van der Waals surface area contributed by atoms with Crippen molar-refractivity contribution in [2.75, 3.05) is 7.11 Å². The minimum atomic E-state index is -0.570.